The maximum Gasteiger partial charge on any atom is 0.320 e. The third kappa shape index (κ3) is 3.17. The highest BCUT2D eigenvalue weighted by Crippen LogP contribution is 2.34. The lowest BCUT2D eigenvalue weighted by atomic mass is 9.97. The number of amides is 2. The molecular formula is C14H23N3OS. The van der Waals surface area contributed by atoms with Crippen LogP contribution in [0.5, 0.6) is 0 Å². The molecule has 5 heteroatoms. The zero-order chi connectivity index (χ0) is 13.9. The monoisotopic (exact) mass is 281 g/mol. The summed E-state index contributed by atoms with van der Waals surface area (Å²) >= 11 is 1.63. The first-order valence-corrected chi connectivity index (χ1v) is 8.33. The summed E-state index contributed by atoms with van der Waals surface area (Å²) in [4.78, 5) is 16.4. The van der Waals surface area contributed by atoms with Crippen LogP contribution in [0.3, 0.4) is 0 Å². The van der Waals surface area contributed by atoms with Gasteiger partial charge < -0.3 is 9.80 Å². The standard InChI is InChI=1S/C14H23N3OS/c1-12-4-3-7-17(10-12)13(18)16-8-5-14(11-15,19-2)6-9-16/h12H,3-10H2,1-2H3. The molecule has 2 aliphatic rings. The fourth-order valence-corrected chi connectivity index (χ4v) is 3.67. The van der Waals surface area contributed by atoms with Gasteiger partial charge in [-0.15, -0.1) is 11.8 Å². The number of hydrogen-bond donors (Lipinski definition) is 0. The summed E-state index contributed by atoms with van der Waals surface area (Å²) < 4.78 is -0.272. The van der Waals surface area contributed by atoms with Crippen molar-refractivity contribution in [2.24, 2.45) is 5.92 Å². The van der Waals surface area contributed by atoms with Gasteiger partial charge in [0.05, 0.1) is 6.07 Å². The molecular weight excluding hydrogens is 258 g/mol. The molecule has 19 heavy (non-hydrogen) atoms. The molecule has 0 aromatic heterocycles. The van der Waals surface area contributed by atoms with Gasteiger partial charge in [-0.3, -0.25) is 0 Å². The van der Waals surface area contributed by atoms with Gasteiger partial charge in [0.25, 0.3) is 0 Å². The van der Waals surface area contributed by atoms with Gasteiger partial charge >= 0.3 is 6.03 Å². The summed E-state index contributed by atoms with van der Waals surface area (Å²) in [5.74, 6) is 0.617. The van der Waals surface area contributed by atoms with Crippen molar-refractivity contribution in [1.82, 2.24) is 9.80 Å². The zero-order valence-electron chi connectivity index (χ0n) is 11.9. The van der Waals surface area contributed by atoms with E-state index < -0.39 is 0 Å². The summed E-state index contributed by atoms with van der Waals surface area (Å²) in [5.41, 5.74) is 0. The van der Waals surface area contributed by atoms with Crippen LogP contribution in [0.1, 0.15) is 32.6 Å². The molecule has 0 aromatic rings. The average molecular weight is 281 g/mol. The average Bonchev–Trinajstić information content (AvgIpc) is 2.46. The summed E-state index contributed by atoms with van der Waals surface area (Å²) in [6, 6.07) is 2.60. The molecule has 2 saturated heterocycles. The number of urea groups is 1. The van der Waals surface area contributed by atoms with Crippen molar-refractivity contribution >= 4 is 17.8 Å². The molecule has 0 aliphatic carbocycles. The summed E-state index contributed by atoms with van der Waals surface area (Å²) in [6.45, 7) is 5.44. The summed E-state index contributed by atoms with van der Waals surface area (Å²) in [7, 11) is 0. The number of hydrogen-bond acceptors (Lipinski definition) is 3. The molecule has 106 valence electrons. The predicted molar refractivity (Wildman–Crippen MR) is 78.0 cm³/mol. The number of rotatable bonds is 1. The Hall–Kier alpha value is -0.890. The number of nitrogens with zero attached hydrogens (tertiary/aromatic N) is 3. The molecule has 0 N–H and O–H groups in total. The van der Waals surface area contributed by atoms with Crippen molar-refractivity contribution in [3.63, 3.8) is 0 Å². The van der Waals surface area contributed by atoms with E-state index in [-0.39, 0.29) is 10.8 Å². The topological polar surface area (TPSA) is 47.3 Å². The van der Waals surface area contributed by atoms with Gasteiger partial charge in [0.15, 0.2) is 0 Å². The predicted octanol–water partition coefficient (Wildman–Crippen LogP) is 2.56. The zero-order valence-corrected chi connectivity index (χ0v) is 12.7. The van der Waals surface area contributed by atoms with Crippen LogP contribution in [0, 0.1) is 17.2 Å². The molecule has 0 radical (unpaired) electrons. The molecule has 0 spiro atoms. The molecule has 2 aliphatic heterocycles. The molecule has 2 fully saturated rings. The second-order valence-electron chi connectivity index (χ2n) is 5.77. The molecule has 1 atom stereocenters. The molecule has 4 nitrogen and oxygen atoms in total. The SMILES string of the molecule is CSC1(C#N)CCN(C(=O)N2CCCC(C)C2)CC1. The Labute approximate surface area is 120 Å². The van der Waals surface area contributed by atoms with Crippen molar-refractivity contribution in [3.05, 3.63) is 0 Å². The number of carbonyl (C=O) groups excluding carboxylic acids is 1. The van der Waals surface area contributed by atoms with Crippen LogP contribution in [-0.4, -0.2) is 53.0 Å². The third-order valence-electron chi connectivity index (χ3n) is 4.36. The Balaban J connectivity index is 1.91. The Morgan fingerprint density at radius 3 is 2.53 bits per heavy atom. The quantitative estimate of drug-likeness (QED) is 0.742. The minimum absolute atomic E-state index is 0.180. The molecule has 2 rings (SSSR count). The molecule has 0 saturated carbocycles. The van der Waals surface area contributed by atoms with Crippen molar-refractivity contribution in [3.8, 4) is 6.07 Å². The number of nitriles is 1. The highest BCUT2D eigenvalue weighted by atomic mass is 32.2. The highest BCUT2D eigenvalue weighted by molar-refractivity contribution is 8.00. The maximum atomic E-state index is 12.4. The van der Waals surface area contributed by atoms with E-state index in [1.165, 1.54) is 6.42 Å². The van der Waals surface area contributed by atoms with Gasteiger partial charge in [0.2, 0.25) is 0 Å². The normalized spacial score (nSPS) is 26.9. The van der Waals surface area contributed by atoms with Gasteiger partial charge in [0.1, 0.15) is 4.75 Å². The fraction of sp³-hybridized carbons (Fsp3) is 0.857. The highest BCUT2D eigenvalue weighted by Gasteiger charge is 2.36. The Bertz CT molecular complexity index is 371. The van der Waals surface area contributed by atoms with Crippen molar-refractivity contribution < 1.29 is 4.79 Å². The third-order valence-corrected chi connectivity index (χ3v) is 5.64. The van der Waals surface area contributed by atoms with Crippen LogP contribution in [0.25, 0.3) is 0 Å². The molecule has 2 heterocycles. The van der Waals surface area contributed by atoms with E-state index in [4.69, 9.17) is 0 Å². The number of carbonyl (C=O) groups is 1. The molecule has 1 unspecified atom stereocenters. The second kappa shape index (κ2) is 6.04. The lowest BCUT2D eigenvalue weighted by Crippen LogP contribution is -2.51. The number of likely N-dealkylation sites (tertiary alicyclic amines) is 2. The Morgan fingerprint density at radius 1 is 1.32 bits per heavy atom. The minimum Gasteiger partial charge on any atom is -0.324 e. The second-order valence-corrected chi connectivity index (χ2v) is 6.96. The summed E-state index contributed by atoms with van der Waals surface area (Å²) in [6.07, 6.45) is 5.92. The van der Waals surface area contributed by atoms with Crippen LogP contribution in [0.15, 0.2) is 0 Å². The van der Waals surface area contributed by atoms with Crippen molar-refractivity contribution in [1.29, 1.82) is 5.26 Å². The van der Waals surface area contributed by atoms with E-state index in [2.05, 4.69) is 13.0 Å². The first-order chi connectivity index (χ1) is 9.10. The minimum atomic E-state index is -0.272. The van der Waals surface area contributed by atoms with Crippen LogP contribution in [-0.2, 0) is 0 Å². The molecule has 0 bridgehead atoms. The van der Waals surface area contributed by atoms with Crippen molar-refractivity contribution in [2.45, 2.75) is 37.4 Å². The van der Waals surface area contributed by atoms with Crippen LogP contribution >= 0.6 is 11.8 Å². The summed E-state index contributed by atoms with van der Waals surface area (Å²) in [5, 5.41) is 9.27. The first kappa shape index (κ1) is 14.5. The molecule has 0 aromatic carbocycles. The lowest BCUT2D eigenvalue weighted by molar-refractivity contribution is 0.122. The van der Waals surface area contributed by atoms with E-state index in [0.29, 0.717) is 5.92 Å². The van der Waals surface area contributed by atoms with Gasteiger partial charge in [0, 0.05) is 26.2 Å². The van der Waals surface area contributed by atoms with E-state index in [1.807, 2.05) is 16.1 Å². The van der Waals surface area contributed by atoms with E-state index in [0.717, 1.165) is 45.4 Å². The van der Waals surface area contributed by atoms with Crippen LogP contribution in [0.2, 0.25) is 0 Å². The largest absolute Gasteiger partial charge is 0.324 e. The smallest absolute Gasteiger partial charge is 0.320 e. The van der Waals surface area contributed by atoms with E-state index in [9.17, 15) is 10.1 Å². The van der Waals surface area contributed by atoms with Gasteiger partial charge in [-0.05, 0) is 37.9 Å². The number of piperidine rings is 2. The van der Waals surface area contributed by atoms with Gasteiger partial charge in [-0.25, -0.2) is 4.79 Å². The lowest BCUT2D eigenvalue weighted by Gasteiger charge is -2.40. The van der Waals surface area contributed by atoms with Crippen LogP contribution < -0.4 is 0 Å². The molecule has 2 amide bonds. The van der Waals surface area contributed by atoms with Crippen molar-refractivity contribution in [2.75, 3.05) is 32.4 Å². The van der Waals surface area contributed by atoms with E-state index in [1.54, 1.807) is 11.8 Å². The van der Waals surface area contributed by atoms with Crippen LogP contribution in [0.4, 0.5) is 4.79 Å². The van der Waals surface area contributed by atoms with Gasteiger partial charge in [-0.2, -0.15) is 5.26 Å². The Morgan fingerprint density at radius 2 is 2.00 bits per heavy atom. The maximum absolute atomic E-state index is 12.4. The van der Waals surface area contributed by atoms with E-state index >= 15 is 0 Å². The van der Waals surface area contributed by atoms with Gasteiger partial charge in [-0.1, -0.05) is 6.92 Å². The first-order valence-electron chi connectivity index (χ1n) is 7.10. The Kier molecular flexibility index (Phi) is 4.62. The number of thioether (sulfide) groups is 1. The fourth-order valence-electron chi connectivity index (χ4n) is 2.98.